The number of aryl methyl sites for hydroxylation is 2. The van der Waals surface area contributed by atoms with E-state index in [0.717, 1.165) is 22.3 Å². The molecule has 6 heteroatoms. The number of non-ortho nitro benzene ring substituents is 1. The molecule has 0 fully saturated rings. The van der Waals surface area contributed by atoms with Crippen LogP contribution >= 0.6 is 0 Å². The van der Waals surface area contributed by atoms with Crippen molar-refractivity contribution in [1.29, 1.82) is 0 Å². The zero-order chi connectivity index (χ0) is 16.1. The van der Waals surface area contributed by atoms with Crippen LogP contribution in [0.1, 0.15) is 22.3 Å². The van der Waals surface area contributed by atoms with Crippen LogP contribution in [-0.2, 0) is 6.61 Å². The Morgan fingerprint density at radius 2 is 1.91 bits per heavy atom. The number of hydrogen-bond acceptors (Lipinski definition) is 5. The molecule has 0 bridgehead atoms. The van der Waals surface area contributed by atoms with Crippen molar-refractivity contribution < 1.29 is 10.0 Å². The van der Waals surface area contributed by atoms with Crippen LogP contribution in [0.2, 0.25) is 0 Å². The SMILES string of the molecule is Cc1cc(C)c(CO)cc1/C=N\Nc1ccc([N+](=O)[O-])cc1. The van der Waals surface area contributed by atoms with Gasteiger partial charge in [-0.25, -0.2) is 0 Å². The summed E-state index contributed by atoms with van der Waals surface area (Å²) in [6, 6.07) is 9.91. The molecule has 0 saturated carbocycles. The molecule has 2 N–H and O–H groups in total. The maximum absolute atomic E-state index is 10.6. The van der Waals surface area contributed by atoms with Gasteiger partial charge < -0.3 is 5.11 Å². The number of aliphatic hydroxyl groups is 1. The van der Waals surface area contributed by atoms with E-state index >= 15 is 0 Å². The lowest BCUT2D eigenvalue weighted by atomic mass is 10.0. The first kappa shape index (κ1) is 15.7. The Kier molecular flexibility index (Phi) is 4.85. The second-order valence-corrected chi connectivity index (χ2v) is 4.97. The number of nitrogens with one attached hydrogen (secondary N) is 1. The van der Waals surface area contributed by atoms with E-state index in [9.17, 15) is 15.2 Å². The molecule has 0 aliphatic rings. The largest absolute Gasteiger partial charge is 0.392 e. The fourth-order valence-electron chi connectivity index (χ4n) is 2.06. The normalized spacial score (nSPS) is 10.9. The van der Waals surface area contributed by atoms with Crippen LogP contribution < -0.4 is 5.43 Å². The van der Waals surface area contributed by atoms with Gasteiger partial charge >= 0.3 is 0 Å². The number of nitro groups is 1. The summed E-state index contributed by atoms with van der Waals surface area (Å²) in [4.78, 5) is 10.1. The van der Waals surface area contributed by atoms with Gasteiger partial charge in [-0.3, -0.25) is 15.5 Å². The van der Waals surface area contributed by atoms with E-state index in [-0.39, 0.29) is 12.3 Å². The van der Waals surface area contributed by atoms with Gasteiger partial charge in [-0.05, 0) is 54.3 Å². The average Bonchev–Trinajstić information content (AvgIpc) is 2.50. The predicted octanol–water partition coefficient (Wildman–Crippen LogP) is 3.15. The highest BCUT2D eigenvalue weighted by atomic mass is 16.6. The lowest BCUT2D eigenvalue weighted by Crippen LogP contribution is -1.97. The minimum Gasteiger partial charge on any atom is -0.392 e. The molecule has 0 unspecified atom stereocenters. The number of nitro benzene ring substituents is 1. The Morgan fingerprint density at radius 3 is 2.50 bits per heavy atom. The monoisotopic (exact) mass is 299 g/mol. The van der Waals surface area contributed by atoms with E-state index in [1.165, 1.54) is 12.1 Å². The van der Waals surface area contributed by atoms with Crippen LogP contribution in [0, 0.1) is 24.0 Å². The first-order valence-electron chi connectivity index (χ1n) is 6.76. The average molecular weight is 299 g/mol. The van der Waals surface area contributed by atoms with Gasteiger partial charge in [0.1, 0.15) is 0 Å². The topological polar surface area (TPSA) is 87.8 Å². The van der Waals surface area contributed by atoms with Gasteiger partial charge in [0.25, 0.3) is 5.69 Å². The van der Waals surface area contributed by atoms with Crippen molar-refractivity contribution in [3.05, 3.63) is 68.8 Å². The van der Waals surface area contributed by atoms with E-state index in [1.807, 2.05) is 26.0 Å². The molecule has 114 valence electrons. The molecule has 0 heterocycles. The van der Waals surface area contributed by atoms with E-state index in [4.69, 9.17) is 0 Å². The lowest BCUT2D eigenvalue weighted by molar-refractivity contribution is -0.384. The molecule has 0 saturated heterocycles. The molecule has 0 spiro atoms. The Morgan fingerprint density at radius 1 is 1.23 bits per heavy atom. The third-order valence-corrected chi connectivity index (χ3v) is 3.37. The molecule has 22 heavy (non-hydrogen) atoms. The Bertz CT molecular complexity index is 709. The third-order valence-electron chi connectivity index (χ3n) is 3.37. The minimum atomic E-state index is -0.445. The molecule has 6 nitrogen and oxygen atoms in total. The zero-order valence-electron chi connectivity index (χ0n) is 12.4. The Hall–Kier alpha value is -2.73. The highest BCUT2D eigenvalue weighted by Gasteiger charge is 2.04. The van der Waals surface area contributed by atoms with Crippen molar-refractivity contribution in [3.63, 3.8) is 0 Å². The second kappa shape index (κ2) is 6.82. The number of hydrazone groups is 1. The summed E-state index contributed by atoms with van der Waals surface area (Å²) in [5, 5.41) is 24.0. The van der Waals surface area contributed by atoms with E-state index in [0.29, 0.717) is 5.69 Å². The minimum absolute atomic E-state index is 0.0112. The van der Waals surface area contributed by atoms with Crippen LogP contribution in [0.3, 0.4) is 0 Å². The van der Waals surface area contributed by atoms with Crippen LogP contribution in [0.5, 0.6) is 0 Å². The predicted molar refractivity (Wildman–Crippen MR) is 86.2 cm³/mol. The number of nitrogens with zero attached hydrogens (tertiary/aromatic N) is 2. The van der Waals surface area contributed by atoms with Crippen LogP contribution in [0.15, 0.2) is 41.5 Å². The summed E-state index contributed by atoms with van der Waals surface area (Å²) in [5.41, 5.74) is 7.39. The summed E-state index contributed by atoms with van der Waals surface area (Å²) < 4.78 is 0. The van der Waals surface area contributed by atoms with E-state index < -0.39 is 4.92 Å². The highest BCUT2D eigenvalue weighted by molar-refractivity contribution is 5.82. The summed E-state index contributed by atoms with van der Waals surface area (Å²) in [6.07, 6.45) is 1.66. The molecule has 2 aromatic carbocycles. The van der Waals surface area contributed by atoms with Gasteiger partial charge in [-0.2, -0.15) is 5.10 Å². The first-order chi connectivity index (χ1) is 10.5. The highest BCUT2D eigenvalue weighted by Crippen LogP contribution is 2.16. The maximum Gasteiger partial charge on any atom is 0.269 e. The van der Waals surface area contributed by atoms with E-state index in [1.54, 1.807) is 18.3 Å². The third kappa shape index (κ3) is 3.67. The fourth-order valence-corrected chi connectivity index (χ4v) is 2.06. The number of aliphatic hydroxyl groups excluding tert-OH is 1. The van der Waals surface area contributed by atoms with Crippen molar-refractivity contribution in [3.8, 4) is 0 Å². The van der Waals surface area contributed by atoms with Gasteiger partial charge in [0, 0.05) is 12.1 Å². The van der Waals surface area contributed by atoms with Crippen molar-refractivity contribution >= 4 is 17.6 Å². The first-order valence-corrected chi connectivity index (χ1v) is 6.76. The molecule has 0 amide bonds. The molecular formula is C16H17N3O3. The smallest absolute Gasteiger partial charge is 0.269 e. The van der Waals surface area contributed by atoms with Crippen molar-refractivity contribution in [2.75, 3.05) is 5.43 Å². The summed E-state index contributed by atoms with van der Waals surface area (Å²) in [7, 11) is 0. The van der Waals surface area contributed by atoms with Crippen LogP contribution in [-0.4, -0.2) is 16.2 Å². The second-order valence-electron chi connectivity index (χ2n) is 4.97. The van der Waals surface area contributed by atoms with Gasteiger partial charge in [-0.15, -0.1) is 0 Å². The molecule has 0 aliphatic carbocycles. The van der Waals surface area contributed by atoms with Crippen molar-refractivity contribution in [2.45, 2.75) is 20.5 Å². The van der Waals surface area contributed by atoms with Crippen LogP contribution in [0.4, 0.5) is 11.4 Å². The van der Waals surface area contributed by atoms with Crippen LogP contribution in [0.25, 0.3) is 0 Å². The number of anilines is 1. The standard InChI is InChI=1S/C16H17N3O3/c1-11-7-12(2)14(10-20)8-13(11)9-17-18-15-3-5-16(6-4-15)19(21)22/h3-9,18,20H,10H2,1-2H3/b17-9-. The van der Waals surface area contributed by atoms with E-state index in [2.05, 4.69) is 10.5 Å². The van der Waals surface area contributed by atoms with Gasteiger partial charge in [0.15, 0.2) is 0 Å². The quantitative estimate of drug-likeness (QED) is 0.504. The molecule has 0 aromatic heterocycles. The molecular weight excluding hydrogens is 282 g/mol. The van der Waals surface area contributed by atoms with Gasteiger partial charge in [0.05, 0.1) is 23.4 Å². The molecule has 2 rings (SSSR count). The fraction of sp³-hybridized carbons (Fsp3) is 0.188. The summed E-state index contributed by atoms with van der Waals surface area (Å²) in [6.45, 7) is 3.92. The zero-order valence-corrected chi connectivity index (χ0v) is 12.4. The molecule has 2 aromatic rings. The maximum atomic E-state index is 10.6. The Balaban J connectivity index is 2.11. The van der Waals surface area contributed by atoms with Crippen molar-refractivity contribution in [1.82, 2.24) is 0 Å². The van der Waals surface area contributed by atoms with Crippen molar-refractivity contribution in [2.24, 2.45) is 5.10 Å². The summed E-state index contributed by atoms with van der Waals surface area (Å²) in [5.74, 6) is 0. The van der Waals surface area contributed by atoms with Gasteiger partial charge in [0.2, 0.25) is 0 Å². The Labute approximate surface area is 128 Å². The van der Waals surface area contributed by atoms with Gasteiger partial charge in [-0.1, -0.05) is 6.07 Å². The summed E-state index contributed by atoms with van der Waals surface area (Å²) >= 11 is 0. The molecule has 0 aliphatic heterocycles. The number of rotatable bonds is 5. The lowest BCUT2D eigenvalue weighted by Gasteiger charge is -2.07. The number of hydrogen-bond donors (Lipinski definition) is 2. The molecule has 0 atom stereocenters. The number of benzene rings is 2. The molecule has 0 radical (unpaired) electrons.